The van der Waals surface area contributed by atoms with Crippen molar-refractivity contribution in [3.05, 3.63) is 83.7 Å². The maximum Gasteiger partial charge on any atom is 0.255 e. The number of carbonyl (C=O) groups excluding carboxylic acids is 1. The molecule has 0 saturated heterocycles. The largest absolute Gasteiger partial charge is 0.322 e. The van der Waals surface area contributed by atoms with Crippen LogP contribution in [-0.4, -0.2) is 23.9 Å². The van der Waals surface area contributed by atoms with Gasteiger partial charge in [0, 0.05) is 11.3 Å². The first-order chi connectivity index (χ1) is 14.2. The second kappa shape index (κ2) is 7.40. The Balaban J connectivity index is 1.60. The number of aromatic nitrogens is 2. The lowest BCUT2D eigenvalue weighted by atomic mass is 10.1. The van der Waals surface area contributed by atoms with Crippen molar-refractivity contribution in [1.82, 2.24) is 9.55 Å². The van der Waals surface area contributed by atoms with E-state index in [1.165, 1.54) is 29.8 Å². The van der Waals surface area contributed by atoms with Gasteiger partial charge >= 0.3 is 0 Å². The Labute approximate surface area is 174 Å². The monoisotopic (exact) mass is 420 g/mol. The van der Waals surface area contributed by atoms with Crippen molar-refractivity contribution in [2.45, 2.75) is 18.7 Å². The van der Waals surface area contributed by atoms with E-state index in [-0.39, 0.29) is 10.8 Å². The number of nitrogens with zero attached hydrogens (tertiary/aromatic N) is 2. The van der Waals surface area contributed by atoms with Gasteiger partial charge in [0.1, 0.15) is 6.33 Å². The summed E-state index contributed by atoms with van der Waals surface area (Å²) in [5, 5.41) is 7.83. The summed E-state index contributed by atoms with van der Waals surface area (Å²) >= 11 is 0. The van der Waals surface area contributed by atoms with E-state index in [1.807, 2.05) is 10.6 Å². The molecule has 1 heterocycles. The molecule has 8 heteroatoms. The zero-order valence-corrected chi connectivity index (χ0v) is 17.3. The topological polar surface area (TPSA) is 107 Å². The van der Waals surface area contributed by atoms with Crippen molar-refractivity contribution >= 4 is 32.7 Å². The predicted molar refractivity (Wildman–Crippen MR) is 116 cm³/mol. The van der Waals surface area contributed by atoms with Crippen LogP contribution in [0.25, 0.3) is 16.7 Å². The van der Waals surface area contributed by atoms with Crippen molar-refractivity contribution in [3.63, 3.8) is 0 Å². The van der Waals surface area contributed by atoms with E-state index in [2.05, 4.69) is 42.3 Å². The normalized spacial score (nSPS) is 11.6. The van der Waals surface area contributed by atoms with Crippen LogP contribution in [-0.2, 0) is 10.0 Å². The van der Waals surface area contributed by atoms with Crippen LogP contribution in [0.4, 0.5) is 5.69 Å². The van der Waals surface area contributed by atoms with Crippen molar-refractivity contribution in [2.24, 2.45) is 5.14 Å². The minimum absolute atomic E-state index is 0.0149. The number of aryl methyl sites for hydroxylation is 2. The van der Waals surface area contributed by atoms with Gasteiger partial charge in [-0.05, 0) is 67.9 Å². The fourth-order valence-electron chi connectivity index (χ4n) is 3.35. The molecule has 0 unspecified atom stereocenters. The summed E-state index contributed by atoms with van der Waals surface area (Å²) in [6.07, 6.45) is 1.75. The Morgan fingerprint density at radius 1 is 1.00 bits per heavy atom. The number of carbonyl (C=O) groups is 1. The summed E-state index contributed by atoms with van der Waals surface area (Å²) in [6, 6.07) is 17.2. The average molecular weight is 420 g/mol. The number of imidazole rings is 1. The van der Waals surface area contributed by atoms with Gasteiger partial charge in [-0.1, -0.05) is 17.7 Å². The van der Waals surface area contributed by atoms with Crippen molar-refractivity contribution in [2.75, 3.05) is 5.32 Å². The van der Waals surface area contributed by atoms with Crippen molar-refractivity contribution in [3.8, 4) is 5.69 Å². The third kappa shape index (κ3) is 3.83. The number of nitrogens with two attached hydrogens (primary N) is 1. The predicted octanol–water partition coefficient (Wildman–Crippen LogP) is 3.54. The molecule has 0 saturated carbocycles. The Morgan fingerprint density at radius 2 is 1.73 bits per heavy atom. The molecule has 30 heavy (non-hydrogen) atoms. The van der Waals surface area contributed by atoms with Gasteiger partial charge in [0.2, 0.25) is 10.0 Å². The van der Waals surface area contributed by atoms with Gasteiger partial charge in [0.05, 0.1) is 21.6 Å². The van der Waals surface area contributed by atoms with Crippen LogP contribution in [0, 0.1) is 13.8 Å². The third-order valence-electron chi connectivity index (χ3n) is 4.86. The molecule has 0 atom stereocenters. The molecule has 3 N–H and O–H groups in total. The number of primary sulfonamides is 1. The van der Waals surface area contributed by atoms with Crippen LogP contribution in [0.3, 0.4) is 0 Å². The van der Waals surface area contributed by atoms with Crippen LogP contribution in [0.5, 0.6) is 0 Å². The van der Waals surface area contributed by atoms with E-state index in [9.17, 15) is 13.2 Å². The summed E-state index contributed by atoms with van der Waals surface area (Å²) in [6.45, 7) is 4.10. The molecule has 0 aliphatic heterocycles. The second-order valence-electron chi connectivity index (χ2n) is 7.13. The molecule has 0 aliphatic rings. The minimum Gasteiger partial charge on any atom is -0.322 e. The summed E-state index contributed by atoms with van der Waals surface area (Å²) in [5.41, 5.74) is 5.88. The molecule has 1 amide bonds. The van der Waals surface area contributed by atoms with Gasteiger partial charge in [-0.2, -0.15) is 0 Å². The second-order valence-corrected chi connectivity index (χ2v) is 8.69. The molecule has 152 valence electrons. The van der Waals surface area contributed by atoms with Gasteiger partial charge in [-0.3, -0.25) is 9.36 Å². The summed E-state index contributed by atoms with van der Waals surface area (Å²) < 4.78 is 24.7. The highest BCUT2D eigenvalue weighted by Gasteiger charge is 2.12. The van der Waals surface area contributed by atoms with E-state index in [4.69, 9.17) is 5.14 Å². The molecule has 0 bridgehead atoms. The van der Waals surface area contributed by atoms with Gasteiger partial charge in [0.15, 0.2) is 0 Å². The van der Waals surface area contributed by atoms with Crippen molar-refractivity contribution < 1.29 is 13.2 Å². The highest BCUT2D eigenvalue weighted by Crippen LogP contribution is 2.23. The lowest BCUT2D eigenvalue weighted by Crippen LogP contribution is -2.13. The third-order valence-corrected chi connectivity index (χ3v) is 5.79. The fraction of sp³-hybridized carbons (Fsp3) is 0.0909. The number of nitrogens with one attached hydrogen (secondary N) is 1. The number of hydrogen-bond acceptors (Lipinski definition) is 4. The Kier molecular flexibility index (Phi) is 4.89. The number of rotatable bonds is 4. The SMILES string of the molecule is Cc1ccc(-n2cnc3cc(C(=O)Nc4ccc(S(N)(=O)=O)cc4)ccc32)c(C)c1. The molecule has 7 nitrogen and oxygen atoms in total. The highest BCUT2D eigenvalue weighted by atomic mass is 32.2. The summed E-state index contributed by atoms with van der Waals surface area (Å²) in [5.74, 6) is -0.318. The first kappa shape index (κ1) is 19.8. The molecule has 1 aromatic heterocycles. The molecule has 0 spiro atoms. The number of fused-ring (bicyclic) bond motifs is 1. The number of sulfonamides is 1. The van der Waals surface area contributed by atoms with Crippen LogP contribution >= 0.6 is 0 Å². The van der Waals surface area contributed by atoms with Crippen LogP contribution in [0.15, 0.2) is 71.9 Å². The van der Waals surface area contributed by atoms with Gasteiger partial charge < -0.3 is 5.32 Å². The highest BCUT2D eigenvalue weighted by molar-refractivity contribution is 7.89. The number of benzene rings is 3. The quantitative estimate of drug-likeness (QED) is 0.526. The Bertz CT molecular complexity index is 1370. The van der Waals surface area contributed by atoms with E-state index in [1.54, 1.807) is 18.5 Å². The molecular weight excluding hydrogens is 400 g/mol. The molecule has 3 aromatic carbocycles. The van der Waals surface area contributed by atoms with E-state index >= 15 is 0 Å². The van der Waals surface area contributed by atoms with E-state index in [0.29, 0.717) is 16.8 Å². The lowest BCUT2D eigenvalue weighted by Gasteiger charge is -2.10. The number of hydrogen-bond donors (Lipinski definition) is 2. The molecule has 0 aliphatic carbocycles. The lowest BCUT2D eigenvalue weighted by molar-refractivity contribution is 0.102. The van der Waals surface area contributed by atoms with Gasteiger partial charge in [-0.15, -0.1) is 0 Å². The smallest absolute Gasteiger partial charge is 0.255 e. The van der Waals surface area contributed by atoms with Crippen molar-refractivity contribution in [1.29, 1.82) is 0 Å². The Hall–Kier alpha value is -3.49. The maximum absolute atomic E-state index is 12.6. The molecule has 4 rings (SSSR count). The van der Waals surface area contributed by atoms with Crippen LogP contribution < -0.4 is 10.5 Å². The van der Waals surface area contributed by atoms with E-state index < -0.39 is 10.0 Å². The van der Waals surface area contributed by atoms with Crippen LogP contribution in [0.2, 0.25) is 0 Å². The molecule has 0 radical (unpaired) electrons. The number of anilines is 1. The standard InChI is InChI=1S/C22H20N4O3S/c1-14-3-9-20(15(2)11-14)26-13-24-19-12-16(4-10-21(19)26)22(27)25-17-5-7-18(8-6-17)30(23,28)29/h3-13H,1-2H3,(H,25,27)(H2,23,28,29). The summed E-state index contributed by atoms with van der Waals surface area (Å²) in [7, 11) is -3.77. The zero-order valence-electron chi connectivity index (χ0n) is 16.5. The first-order valence-electron chi connectivity index (χ1n) is 9.21. The van der Waals surface area contributed by atoms with Gasteiger partial charge in [0.25, 0.3) is 5.91 Å². The zero-order chi connectivity index (χ0) is 21.5. The Morgan fingerprint density at radius 3 is 2.40 bits per heavy atom. The fourth-order valence-corrected chi connectivity index (χ4v) is 3.87. The minimum atomic E-state index is -3.77. The molecule has 0 fully saturated rings. The first-order valence-corrected chi connectivity index (χ1v) is 10.8. The average Bonchev–Trinajstić information content (AvgIpc) is 3.11. The van der Waals surface area contributed by atoms with E-state index in [0.717, 1.165) is 16.8 Å². The maximum atomic E-state index is 12.6. The van der Waals surface area contributed by atoms with Crippen LogP contribution in [0.1, 0.15) is 21.5 Å². The molecule has 4 aromatic rings. The molecular formula is C22H20N4O3S. The van der Waals surface area contributed by atoms with Gasteiger partial charge in [-0.25, -0.2) is 18.5 Å². The number of amides is 1. The summed E-state index contributed by atoms with van der Waals surface area (Å²) in [4.78, 5) is 17.1.